The van der Waals surface area contributed by atoms with Crippen molar-refractivity contribution in [3.8, 4) is 0 Å². The van der Waals surface area contributed by atoms with Crippen LogP contribution in [0.25, 0.3) is 0 Å². The number of halogens is 1. The van der Waals surface area contributed by atoms with Crippen LogP contribution in [0.5, 0.6) is 0 Å². The van der Waals surface area contributed by atoms with Crippen molar-refractivity contribution in [1.29, 1.82) is 0 Å². The van der Waals surface area contributed by atoms with Gasteiger partial charge in [0.05, 0.1) is 5.69 Å². The summed E-state index contributed by atoms with van der Waals surface area (Å²) < 4.78 is 13.0. The van der Waals surface area contributed by atoms with Crippen LogP contribution >= 0.6 is 0 Å². The lowest BCUT2D eigenvalue weighted by molar-refractivity contribution is 0.509. The molecule has 3 aromatic rings. The minimum Gasteiger partial charge on any atom is -0.371 e. The Labute approximate surface area is 185 Å². The Morgan fingerprint density at radius 3 is 2.23 bits per heavy atom. The van der Waals surface area contributed by atoms with Crippen molar-refractivity contribution >= 4 is 17.6 Å². The number of anilines is 1. The zero-order chi connectivity index (χ0) is 21.8. The maximum atomic E-state index is 13.0. The summed E-state index contributed by atoms with van der Waals surface area (Å²) in [5.41, 5.74) is 6.06. The number of piperidine rings is 1. The summed E-state index contributed by atoms with van der Waals surface area (Å²) >= 11 is 0. The summed E-state index contributed by atoms with van der Waals surface area (Å²) in [5.74, 6) is 0.338. The molecular weight excluding hydrogens is 383 g/mol. The Balaban J connectivity index is 1.41. The SMILES string of the molecule is CC(C)(C)c1ccc(C2CCCN(c3ccc(N=Cc4ccc(F)cc4)cc3)C2)cc1. The van der Waals surface area contributed by atoms with Gasteiger partial charge in [0.15, 0.2) is 0 Å². The van der Waals surface area contributed by atoms with Crippen LogP contribution in [0.4, 0.5) is 15.8 Å². The van der Waals surface area contributed by atoms with Crippen LogP contribution in [0.1, 0.15) is 56.2 Å². The van der Waals surface area contributed by atoms with Gasteiger partial charge in [-0.05, 0) is 71.3 Å². The summed E-state index contributed by atoms with van der Waals surface area (Å²) in [4.78, 5) is 7.00. The van der Waals surface area contributed by atoms with Gasteiger partial charge in [-0.15, -0.1) is 0 Å². The van der Waals surface area contributed by atoms with Crippen LogP contribution in [0.2, 0.25) is 0 Å². The minimum atomic E-state index is -0.230. The third kappa shape index (κ3) is 5.41. The average molecular weight is 415 g/mol. The van der Waals surface area contributed by atoms with Crippen molar-refractivity contribution in [2.24, 2.45) is 4.99 Å². The molecule has 0 N–H and O–H groups in total. The topological polar surface area (TPSA) is 15.6 Å². The monoisotopic (exact) mass is 414 g/mol. The zero-order valence-electron chi connectivity index (χ0n) is 18.7. The van der Waals surface area contributed by atoms with Gasteiger partial charge in [-0.3, -0.25) is 4.99 Å². The molecule has 3 aromatic carbocycles. The van der Waals surface area contributed by atoms with E-state index < -0.39 is 0 Å². The van der Waals surface area contributed by atoms with Crippen LogP contribution < -0.4 is 4.90 Å². The standard InChI is InChI=1S/C28H31FN2/c1-28(2,3)24-10-8-22(9-11-24)23-5-4-18-31(20-23)27-16-14-26(15-17-27)30-19-21-6-12-25(29)13-7-21/h6-17,19,23H,4-5,18,20H2,1-3H3. The summed E-state index contributed by atoms with van der Waals surface area (Å²) in [6.07, 6.45) is 4.22. The second-order valence-corrected chi connectivity index (χ2v) is 9.48. The third-order valence-corrected chi connectivity index (χ3v) is 6.12. The van der Waals surface area contributed by atoms with Crippen LogP contribution in [0, 0.1) is 5.82 Å². The Morgan fingerprint density at radius 2 is 1.58 bits per heavy atom. The number of hydrogen-bond acceptors (Lipinski definition) is 2. The Bertz CT molecular complexity index is 1010. The molecule has 160 valence electrons. The number of benzene rings is 3. The van der Waals surface area contributed by atoms with Crippen molar-refractivity contribution in [3.63, 3.8) is 0 Å². The molecule has 4 rings (SSSR count). The number of aliphatic imine (C=N–C) groups is 1. The van der Waals surface area contributed by atoms with Gasteiger partial charge in [0.2, 0.25) is 0 Å². The number of rotatable bonds is 4. The van der Waals surface area contributed by atoms with E-state index in [1.807, 2.05) is 0 Å². The van der Waals surface area contributed by atoms with Crippen molar-refractivity contribution in [3.05, 3.63) is 95.3 Å². The van der Waals surface area contributed by atoms with Gasteiger partial charge >= 0.3 is 0 Å². The molecule has 1 heterocycles. The Hall–Kier alpha value is -2.94. The van der Waals surface area contributed by atoms with E-state index in [4.69, 9.17) is 0 Å². The molecule has 1 aliphatic rings. The fourth-order valence-corrected chi connectivity index (χ4v) is 4.19. The molecule has 2 nitrogen and oxygen atoms in total. The first kappa shape index (κ1) is 21.3. The molecule has 0 radical (unpaired) electrons. The molecule has 1 unspecified atom stereocenters. The molecule has 1 atom stereocenters. The quantitative estimate of drug-likeness (QED) is 0.410. The predicted octanol–water partition coefficient (Wildman–Crippen LogP) is 7.26. The molecule has 1 aliphatic heterocycles. The lowest BCUT2D eigenvalue weighted by atomic mass is 9.84. The maximum Gasteiger partial charge on any atom is 0.123 e. The van der Waals surface area contributed by atoms with Gasteiger partial charge in [0.1, 0.15) is 5.82 Å². The number of hydrogen-bond donors (Lipinski definition) is 0. The molecule has 0 amide bonds. The molecular formula is C28H31FN2. The maximum absolute atomic E-state index is 13.0. The normalized spacial score (nSPS) is 17.3. The van der Waals surface area contributed by atoms with E-state index in [0.717, 1.165) is 24.3 Å². The van der Waals surface area contributed by atoms with E-state index >= 15 is 0 Å². The molecule has 3 heteroatoms. The fourth-order valence-electron chi connectivity index (χ4n) is 4.19. The molecule has 31 heavy (non-hydrogen) atoms. The largest absolute Gasteiger partial charge is 0.371 e. The lowest BCUT2D eigenvalue weighted by Crippen LogP contribution is -2.34. The first-order valence-corrected chi connectivity index (χ1v) is 11.1. The molecule has 0 aromatic heterocycles. The first-order chi connectivity index (χ1) is 14.9. The molecule has 1 saturated heterocycles. The summed E-state index contributed by atoms with van der Waals surface area (Å²) in [6, 6.07) is 24.0. The summed E-state index contributed by atoms with van der Waals surface area (Å²) in [5, 5.41) is 0. The average Bonchev–Trinajstić information content (AvgIpc) is 2.79. The smallest absolute Gasteiger partial charge is 0.123 e. The van der Waals surface area contributed by atoms with Crippen LogP contribution in [-0.4, -0.2) is 19.3 Å². The highest BCUT2D eigenvalue weighted by atomic mass is 19.1. The molecule has 1 fully saturated rings. The van der Waals surface area contributed by atoms with Crippen molar-refractivity contribution in [1.82, 2.24) is 0 Å². The van der Waals surface area contributed by atoms with Gasteiger partial charge in [-0.1, -0.05) is 57.2 Å². The van der Waals surface area contributed by atoms with E-state index in [0.29, 0.717) is 5.92 Å². The second kappa shape index (κ2) is 9.05. The summed E-state index contributed by atoms with van der Waals surface area (Å²) in [7, 11) is 0. The van der Waals surface area contributed by atoms with Gasteiger partial charge in [0.25, 0.3) is 0 Å². The van der Waals surface area contributed by atoms with Crippen LogP contribution in [0.15, 0.2) is 77.8 Å². The van der Waals surface area contributed by atoms with Crippen LogP contribution in [0.3, 0.4) is 0 Å². The molecule has 0 aliphatic carbocycles. The van der Waals surface area contributed by atoms with E-state index in [9.17, 15) is 4.39 Å². The second-order valence-electron chi connectivity index (χ2n) is 9.48. The van der Waals surface area contributed by atoms with Gasteiger partial charge in [0, 0.05) is 30.9 Å². The fraction of sp³-hybridized carbons (Fsp3) is 0.321. The molecule has 0 saturated carbocycles. The minimum absolute atomic E-state index is 0.193. The highest BCUT2D eigenvalue weighted by molar-refractivity contribution is 5.81. The van der Waals surface area contributed by atoms with Gasteiger partial charge < -0.3 is 4.90 Å². The lowest BCUT2D eigenvalue weighted by Gasteiger charge is -2.35. The first-order valence-electron chi connectivity index (χ1n) is 11.1. The van der Waals surface area contributed by atoms with E-state index in [1.54, 1.807) is 18.3 Å². The van der Waals surface area contributed by atoms with Crippen molar-refractivity contribution in [2.75, 3.05) is 18.0 Å². The third-order valence-electron chi connectivity index (χ3n) is 6.12. The number of nitrogens with zero attached hydrogens (tertiary/aromatic N) is 2. The van der Waals surface area contributed by atoms with E-state index in [-0.39, 0.29) is 11.2 Å². The highest BCUT2D eigenvalue weighted by Crippen LogP contribution is 2.32. The van der Waals surface area contributed by atoms with Gasteiger partial charge in [-0.25, -0.2) is 4.39 Å². The van der Waals surface area contributed by atoms with Crippen molar-refractivity contribution < 1.29 is 4.39 Å². The van der Waals surface area contributed by atoms with Crippen LogP contribution in [-0.2, 0) is 5.41 Å². The predicted molar refractivity (Wildman–Crippen MR) is 129 cm³/mol. The van der Waals surface area contributed by atoms with E-state index in [1.165, 1.54) is 41.8 Å². The molecule has 0 spiro atoms. The van der Waals surface area contributed by atoms with Gasteiger partial charge in [-0.2, -0.15) is 0 Å². The highest BCUT2D eigenvalue weighted by Gasteiger charge is 2.22. The van der Waals surface area contributed by atoms with Crippen molar-refractivity contribution in [2.45, 2.75) is 44.9 Å². The van der Waals surface area contributed by atoms with E-state index in [2.05, 4.69) is 79.2 Å². The summed E-state index contributed by atoms with van der Waals surface area (Å²) in [6.45, 7) is 8.93. The molecule has 0 bridgehead atoms. The Morgan fingerprint density at radius 1 is 0.903 bits per heavy atom. The Kier molecular flexibility index (Phi) is 6.22. The zero-order valence-corrected chi connectivity index (χ0v) is 18.7.